The molecule has 0 spiro atoms. The van der Waals surface area contributed by atoms with Crippen molar-refractivity contribution in [2.45, 2.75) is 63.5 Å². The maximum absolute atomic E-state index is 13.6. The number of carbonyl (C=O) groups excluding carboxylic acids is 1. The third kappa shape index (κ3) is 6.69. The standard InChI is InChI=1S/C26H34ClFN2O2/c1-19-16-21(27)9-10-24(19)32-15-5-8-25(31)29-23-11-13-26(14-12-23,30(2)3)18-20-6-4-7-22(28)17-20/h4,6-7,9-10,16-17,23H,5,8,11-15,18H2,1-3H3,(H,29,31). The second-order valence-corrected chi connectivity index (χ2v) is 9.57. The van der Waals surface area contributed by atoms with E-state index in [0.717, 1.165) is 49.0 Å². The highest BCUT2D eigenvalue weighted by Gasteiger charge is 2.37. The van der Waals surface area contributed by atoms with Gasteiger partial charge in [-0.1, -0.05) is 23.7 Å². The van der Waals surface area contributed by atoms with Crippen molar-refractivity contribution in [1.29, 1.82) is 0 Å². The quantitative estimate of drug-likeness (QED) is 0.499. The van der Waals surface area contributed by atoms with Crippen molar-refractivity contribution in [2.75, 3.05) is 20.7 Å². The van der Waals surface area contributed by atoms with Crippen molar-refractivity contribution in [3.63, 3.8) is 0 Å². The number of halogens is 2. The van der Waals surface area contributed by atoms with Crippen molar-refractivity contribution in [2.24, 2.45) is 0 Å². The molecule has 0 aromatic heterocycles. The molecule has 0 atom stereocenters. The number of carbonyl (C=O) groups is 1. The SMILES string of the molecule is Cc1cc(Cl)ccc1OCCCC(=O)NC1CCC(Cc2cccc(F)c2)(N(C)C)CC1. The number of rotatable bonds is 9. The predicted octanol–water partition coefficient (Wildman–Crippen LogP) is 5.55. The fourth-order valence-electron chi connectivity index (χ4n) is 4.60. The third-order valence-electron chi connectivity index (χ3n) is 6.60. The molecule has 2 aromatic rings. The fourth-order valence-corrected chi connectivity index (χ4v) is 4.82. The Labute approximate surface area is 196 Å². The van der Waals surface area contributed by atoms with Gasteiger partial charge in [0.2, 0.25) is 5.91 Å². The van der Waals surface area contributed by atoms with Crippen LogP contribution in [-0.2, 0) is 11.2 Å². The van der Waals surface area contributed by atoms with Crippen molar-refractivity contribution >= 4 is 17.5 Å². The van der Waals surface area contributed by atoms with Crippen LogP contribution in [0.25, 0.3) is 0 Å². The van der Waals surface area contributed by atoms with E-state index in [1.54, 1.807) is 12.1 Å². The Morgan fingerprint density at radius 2 is 1.97 bits per heavy atom. The highest BCUT2D eigenvalue weighted by atomic mass is 35.5. The Morgan fingerprint density at radius 3 is 2.62 bits per heavy atom. The molecule has 0 unspecified atom stereocenters. The highest BCUT2D eigenvalue weighted by Crippen LogP contribution is 2.35. The van der Waals surface area contributed by atoms with Crippen molar-refractivity contribution in [3.8, 4) is 5.75 Å². The van der Waals surface area contributed by atoms with Gasteiger partial charge in [0.25, 0.3) is 0 Å². The molecular weight excluding hydrogens is 427 g/mol. The van der Waals surface area contributed by atoms with Gasteiger partial charge in [0.15, 0.2) is 0 Å². The second-order valence-electron chi connectivity index (χ2n) is 9.13. The molecule has 0 radical (unpaired) electrons. The monoisotopic (exact) mass is 460 g/mol. The van der Waals surface area contributed by atoms with Crippen molar-refractivity contribution < 1.29 is 13.9 Å². The van der Waals surface area contributed by atoms with E-state index >= 15 is 0 Å². The van der Waals surface area contributed by atoms with Gasteiger partial charge in [-0.2, -0.15) is 0 Å². The highest BCUT2D eigenvalue weighted by molar-refractivity contribution is 6.30. The van der Waals surface area contributed by atoms with Crippen LogP contribution in [0.5, 0.6) is 5.75 Å². The number of likely N-dealkylation sites (N-methyl/N-ethyl adjacent to an activating group) is 1. The first-order valence-electron chi connectivity index (χ1n) is 11.4. The molecule has 0 saturated heterocycles. The molecule has 2 aromatic carbocycles. The molecule has 0 bridgehead atoms. The number of amides is 1. The molecule has 1 saturated carbocycles. The summed E-state index contributed by atoms with van der Waals surface area (Å²) in [5.41, 5.74) is 2.02. The Bertz CT molecular complexity index is 910. The summed E-state index contributed by atoms with van der Waals surface area (Å²) in [4.78, 5) is 14.7. The lowest BCUT2D eigenvalue weighted by Crippen LogP contribution is -2.52. The van der Waals surface area contributed by atoms with Gasteiger partial charge in [-0.15, -0.1) is 0 Å². The van der Waals surface area contributed by atoms with E-state index in [4.69, 9.17) is 16.3 Å². The van der Waals surface area contributed by atoms with E-state index in [1.807, 2.05) is 31.2 Å². The van der Waals surface area contributed by atoms with E-state index in [0.29, 0.717) is 24.5 Å². The van der Waals surface area contributed by atoms with Crippen LogP contribution in [0.2, 0.25) is 5.02 Å². The molecule has 0 heterocycles. The van der Waals surface area contributed by atoms with Gasteiger partial charge in [0, 0.05) is 23.0 Å². The molecule has 4 nitrogen and oxygen atoms in total. The molecule has 32 heavy (non-hydrogen) atoms. The van der Waals surface area contributed by atoms with Crippen molar-refractivity contribution in [3.05, 3.63) is 64.4 Å². The van der Waals surface area contributed by atoms with Crippen LogP contribution in [0.1, 0.15) is 49.7 Å². The normalized spacial score (nSPS) is 20.9. The van der Waals surface area contributed by atoms with Gasteiger partial charge in [0.05, 0.1) is 6.61 Å². The maximum Gasteiger partial charge on any atom is 0.220 e. The first kappa shape index (κ1) is 24.5. The van der Waals surface area contributed by atoms with Crippen LogP contribution in [0.4, 0.5) is 4.39 Å². The van der Waals surface area contributed by atoms with Crippen molar-refractivity contribution in [1.82, 2.24) is 10.2 Å². The van der Waals surface area contributed by atoms with Gasteiger partial charge < -0.3 is 15.0 Å². The first-order valence-corrected chi connectivity index (χ1v) is 11.8. The summed E-state index contributed by atoms with van der Waals surface area (Å²) in [6, 6.07) is 12.6. The topological polar surface area (TPSA) is 41.6 Å². The van der Waals surface area contributed by atoms with Gasteiger partial charge in [-0.05, 0) is 101 Å². The maximum atomic E-state index is 13.6. The Hall–Kier alpha value is -2.11. The molecule has 1 N–H and O–H groups in total. The number of benzene rings is 2. The van der Waals surface area contributed by atoms with Crippen LogP contribution in [0.3, 0.4) is 0 Å². The number of nitrogens with zero attached hydrogens (tertiary/aromatic N) is 1. The number of aryl methyl sites for hydroxylation is 1. The fraction of sp³-hybridized carbons (Fsp3) is 0.500. The summed E-state index contributed by atoms with van der Waals surface area (Å²) >= 11 is 5.97. The molecule has 174 valence electrons. The zero-order chi connectivity index (χ0) is 23.1. The smallest absolute Gasteiger partial charge is 0.220 e. The molecule has 1 fully saturated rings. The minimum Gasteiger partial charge on any atom is -0.493 e. The lowest BCUT2D eigenvalue weighted by atomic mass is 9.75. The molecule has 1 aliphatic rings. The van der Waals surface area contributed by atoms with Gasteiger partial charge in [-0.3, -0.25) is 4.79 Å². The van der Waals surface area contributed by atoms with Crippen LogP contribution in [0, 0.1) is 12.7 Å². The van der Waals surface area contributed by atoms with E-state index in [-0.39, 0.29) is 23.3 Å². The summed E-state index contributed by atoms with van der Waals surface area (Å²) in [5.74, 6) is 0.696. The molecule has 0 aliphatic heterocycles. The number of hydrogen-bond acceptors (Lipinski definition) is 3. The lowest BCUT2D eigenvalue weighted by molar-refractivity contribution is -0.122. The third-order valence-corrected chi connectivity index (χ3v) is 6.83. The lowest BCUT2D eigenvalue weighted by Gasteiger charge is -2.45. The Kier molecular flexibility index (Phi) is 8.55. The largest absolute Gasteiger partial charge is 0.493 e. The van der Waals surface area contributed by atoms with Crippen LogP contribution in [-0.4, -0.2) is 43.1 Å². The van der Waals surface area contributed by atoms with Crippen LogP contribution in [0.15, 0.2) is 42.5 Å². The summed E-state index contributed by atoms with van der Waals surface area (Å²) in [6.45, 7) is 2.46. The van der Waals surface area contributed by atoms with E-state index < -0.39 is 0 Å². The number of nitrogens with one attached hydrogen (secondary N) is 1. The molecule has 6 heteroatoms. The summed E-state index contributed by atoms with van der Waals surface area (Å²) in [6.07, 6.45) is 5.74. The van der Waals surface area contributed by atoms with Gasteiger partial charge in [0.1, 0.15) is 11.6 Å². The van der Waals surface area contributed by atoms with E-state index in [9.17, 15) is 9.18 Å². The van der Waals surface area contributed by atoms with Crippen LogP contribution < -0.4 is 10.1 Å². The van der Waals surface area contributed by atoms with Crippen LogP contribution >= 0.6 is 11.6 Å². The molecule has 1 aliphatic carbocycles. The average Bonchev–Trinajstić information content (AvgIpc) is 2.74. The second kappa shape index (κ2) is 11.2. The average molecular weight is 461 g/mol. The zero-order valence-electron chi connectivity index (χ0n) is 19.3. The number of ether oxygens (including phenoxy) is 1. The van der Waals surface area contributed by atoms with E-state index in [1.165, 1.54) is 6.07 Å². The zero-order valence-corrected chi connectivity index (χ0v) is 20.1. The molecular formula is C26H34ClFN2O2. The Balaban J connectivity index is 1.42. The van der Waals surface area contributed by atoms with Gasteiger partial charge >= 0.3 is 0 Å². The molecule has 3 rings (SSSR count). The molecule has 1 amide bonds. The summed E-state index contributed by atoms with van der Waals surface area (Å²) < 4.78 is 19.4. The first-order chi connectivity index (χ1) is 15.3. The minimum absolute atomic E-state index is 0.000693. The Morgan fingerprint density at radius 1 is 1.22 bits per heavy atom. The minimum atomic E-state index is -0.187. The van der Waals surface area contributed by atoms with Gasteiger partial charge in [-0.25, -0.2) is 4.39 Å². The number of hydrogen-bond donors (Lipinski definition) is 1. The summed E-state index contributed by atoms with van der Waals surface area (Å²) in [5, 5.41) is 3.89. The van der Waals surface area contributed by atoms with E-state index in [2.05, 4.69) is 24.3 Å². The summed E-state index contributed by atoms with van der Waals surface area (Å²) in [7, 11) is 4.20. The predicted molar refractivity (Wildman–Crippen MR) is 128 cm³/mol.